The number of carbonyl (C=O) groups is 1. The molecule has 1 aromatic carbocycles. The first-order valence-electron chi connectivity index (χ1n) is 4.26. The summed E-state index contributed by atoms with van der Waals surface area (Å²) in [5.41, 5.74) is 0.469. The van der Waals surface area contributed by atoms with Gasteiger partial charge in [-0.3, -0.25) is 0 Å². The van der Waals surface area contributed by atoms with Gasteiger partial charge in [0.05, 0.1) is 14.3 Å². The lowest BCUT2D eigenvalue weighted by Crippen LogP contribution is -1.97. The van der Waals surface area contributed by atoms with Crippen LogP contribution in [0.25, 0.3) is 11.0 Å². The van der Waals surface area contributed by atoms with Crippen molar-refractivity contribution in [2.45, 2.75) is 6.92 Å². The number of benzene rings is 1. The number of aryl methyl sites for hydroxylation is 1. The molecule has 0 saturated heterocycles. The number of aromatic carboxylic acids is 1. The molecular weight excluding hydrogens is 344 g/mol. The van der Waals surface area contributed by atoms with E-state index in [-0.39, 0.29) is 11.3 Å². The van der Waals surface area contributed by atoms with Crippen LogP contribution < -0.4 is 0 Å². The highest BCUT2D eigenvalue weighted by molar-refractivity contribution is 9.11. The Morgan fingerprint density at radius 2 is 2.06 bits per heavy atom. The first kappa shape index (κ1) is 11.5. The summed E-state index contributed by atoms with van der Waals surface area (Å²) in [6.45, 7) is 1.57. The Balaban J connectivity index is 2.98. The minimum atomic E-state index is -1.08. The highest BCUT2D eigenvalue weighted by Gasteiger charge is 2.22. The van der Waals surface area contributed by atoms with Crippen LogP contribution in [0.5, 0.6) is 5.75 Å². The third-order valence-corrected chi connectivity index (χ3v) is 3.61. The summed E-state index contributed by atoms with van der Waals surface area (Å²) < 4.78 is 6.08. The van der Waals surface area contributed by atoms with Crippen LogP contribution >= 0.6 is 31.9 Å². The van der Waals surface area contributed by atoms with Crippen molar-refractivity contribution in [2.24, 2.45) is 0 Å². The van der Waals surface area contributed by atoms with E-state index < -0.39 is 5.97 Å². The van der Waals surface area contributed by atoms with Crippen molar-refractivity contribution in [3.8, 4) is 5.75 Å². The van der Waals surface area contributed by atoms with Gasteiger partial charge in [0.25, 0.3) is 0 Å². The second kappa shape index (κ2) is 3.78. The van der Waals surface area contributed by atoms with Gasteiger partial charge < -0.3 is 14.6 Å². The van der Waals surface area contributed by atoms with E-state index in [1.165, 1.54) is 6.07 Å². The van der Waals surface area contributed by atoms with E-state index in [9.17, 15) is 9.90 Å². The molecule has 1 aromatic heterocycles. The topological polar surface area (TPSA) is 70.7 Å². The van der Waals surface area contributed by atoms with Gasteiger partial charge in [-0.05, 0) is 44.8 Å². The number of carboxylic acid groups (broad SMARTS) is 1. The molecule has 0 fully saturated rings. The number of fused-ring (bicyclic) bond motifs is 1. The Morgan fingerprint density at radius 3 is 2.62 bits per heavy atom. The Bertz CT molecular complexity index is 601. The Kier molecular flexibility index (Phi) is 2.71. The smallest absolute Gasteiger partial charge is 0.339 e. The summed E-state index contributed by atoms with van der Waals surface area (Å²) in [7, 11) is 0. The molecule has 16 heavy (non-hydrogen) atoms. The lowest BCUT2D eigenvalue weighted by atomic mass is 10.1. The van der Waals surface area contributed by atoms with Gasteiger partial charge in [0, 0.05) is 0 Å². The van der Waals surface area contributed by atoms with E-state index in [4.69, 9.17) is 9.52 Å². The third-order valence-electron chi connectivity index (χ3n) is 2.24. The van der Waals surface area contributed by atoms with E-state index in [1.54, 1.807) is 6.92 Å². The number of phenols is 1. The molecule has 4 nitrogen and oxygen atoms in total. The molecule has 0 saturated carbocycles. The maximum absolute atomic E-state index is 11.1. The normalized spacial score (nSPS) is 10.9. The molecule has 0 radical (unpaired) electrons. The molecule has 0 aliphatic carbocycles. The first-order valence-corrected chi connectivity index (χ1v) is 5.85. The van der Waals surface area contributed by atoms with Crippen LogP contribution in [0, 0.1) is 6.92 Å². The van der Waals surface area contributed by atoms with Gasteiger partial charge in [0.15, 0.2) is 0 Å². The van der Waals surface area contributed by atoms with Crippen molar-refractivity contribution in [1.29, 1.82) is 0 Å². The van der Waals surface area contributed by atoms with E-state index >= 15 is 0 Å². The SMILES string of the molecule is Cc1oc2cc(Br)c(O)c(Br)c2c1C(=O)O. The summed E-state index contributed by atoms with van der Waals surface area (Å²) in [4.78, 5) is 11.1. The molecule has 0 aliphatic rings. The number of hydrogen-bond acceptors (Lipinski definition) is 3. The molecule has 0 bridgehead atoms. The molecule has 2 N–H and O–H groups in total. The summed E-state index contributed by atoms with van der Waals surface area (Å²) in [5.74, 6) is -0.824. The number of furan rings is 1. The van der Waals surface area contributed by atoms with Gasteiger partial charge in [-0.1, -0.05) is 0 Å². The number of hydrogen-bond donors (Lipinski definition) is 2. The number of rotatable bonds is 1. The second-order valence-electron chi connectivity index (χ2n) is 3.23. The molecule has 2 rings (SSSR count). The van der Waals surface area contributed by atoms with Gasteiger partial charge >= 0.3 is 5.97 Å². The largest absolute Gasteiger partial charge is 0.506 e. The second-order valence-corrected chi connectivity index (χ2v) is 4.88. The average molecular weight is 350 g/mol. The minimum Gasteiger partial charge on any atom is -0.506 e. The van der Waals surface area contributed by atoms with Crippen LogP contribution in [0.3, 0.4) is 0 Å². The fraction of sp³-hybridized carbons (Fsp3) is 0.100. The number of halogens is 2. The molecule has 1 heterocycles. The Morgan fingerprint density at radius 1 is 1.44 bits per heavy atom. The average Bonchev–Trinajstić information content (AvgIpc) is 2.51. The highest BCUT2D eigenvalue weighted by atomic mass is 79.9. The third kappa shape index (κ3) is 1.53. The number of aromatic hydroxyl groups is 1. The lowest BCUT2D eigenvalue weighted by Gasteiger charge is -2.01. The standard InChI is InChI=1S/C10H6Br2O4/c1-3-6(10(14)15)7-5(16-3)2-4(11)9(13)8(7)12/h2,13H,1H3,(H,14,15). The van der Waals surface area contributed by atoms with Gasteiger partial charge in [-0.25, -0.2) is 4.79 Å². The maximum Gasteiger partial charge on any atom is 0.339 e. The summed E-state index contributed by atoms with van der Waals surface area (Å²) >= 11 is 6.31. The van der Waals surface area contributed by atoms with E-state index in [2.05, 4.69) is 31.9 Å². The fourth-order valence-electron chi connectivity index (χ4n) is 1.55. The van der Waals surface area contributed by atoms with E-state index in [1.807, 2.05) is 0 Å². The Hall–Kier alpha value is -1.01. The molecule has 2 aromatic rings. The van der Waals surface area contributed by atoms with Crippen molar-refractivity contribution < 1.29 is 19.4 Å². The highest BCUT2D eigenvalue weighted by Crippen LogP contribution is 2.42. The molecule has 0 unspecified atom stereocenters. The fourth-order valence-corrected chi connectivity index (χ4v) is 2.83. The predicted molar refractivity (Wildman–Crippen MR) is 65.0 cm³/mol. The van der Waals surface area contributed by atoms with Crippen molar-refractivity contribution in [3.63, 3.8) is 0 Å². The van der Waals surface area contributed by atoms with Crippen LogP contribution in [0.4, 0.5) is 0 Å². The van der Waals surface area contributed by atoms with Crippen LogP contribution in [0.15, 0.2) is 19.4 Å². The van der Waals surface area contributed by atoms with Gasteiger partial charge in [-0.2, -0.15) is 0 Å². The molecule has 84 valence electrons. The van der Waals surface area contributed by atoms with Crippen LogP contribution in [-0.4, -0.2) is 16.2 Å². The van der Waals surface area contributed by atoms with Crippen molar-refractivity contribution in [2.75, 3.05) is 0 Å². The zero-order valence-electron chi connectivity index (χ0n) is 8.04. The van der Waals surface area contributed by atoms with Crippen LogP contribution in [-0.2, 0) is 0 Å². The number of carboxylic acids is 1. The zero-order chi connectivity index (χ0) is 12.0. The quantitative estimate of drug-likeness (QED) is 0.824. The van der Waals surface area contributed by atoms with Gasteiger partial charge in [0.1, 0.15) is 22.7 Å². The molecule has 0 aliphatic heterocycles. The Labute approximate surface area is 107 Å². The molecule has 0 spiro atoms. The maximum atomic E-state index is 11.1. The van der Waals surface area contributed by atoms with Crippen molar-refractivity contribution in [1.82, 2.24) is 0 Å². The predicted octanol–water partition coefficient (Wildman–Crippen LogP) is 3.67. The van der Waals surface area contributed by atoms with Crippen molar-refractivity contribution in [3.05, 3.63) is 26.3 Å². The summed E-state index contributed by atoms with van der Waals surface area (Å²) in [6, 6.07) is 1.54. The zero-order valence-corrected chi connectivity index (χ0v) is 11.2. The monoisotopic (exact) mass is 348 g/mol. The molecule has 0 atom stereocenters. The van der Waals surface area contributed by atoms with Crippen LogP contribution in [0.1, 0.15) is 16.1 Å². The van der Waals surface area contributed by atoms with Crippen molar-refractivity contribution >= 4 is 48.8 Å². The molecule has 0 amide bonds. The minimum absolute atomic E-state index is 0.0456. The lowest BCUT2D eigenvalue weighted by molar-refractivity contribution is 0.0697. The van der Waals surface area contributed by atoms with Gasteiger partial charge in [-0.15, -0.1) is 0 Å². The first-order chi connectivity index (χ1) is 7.43. The molecular formula is C10H6Br2O4. The van der Waals surface area contributed by atoms with E-state index in [0.29, 0.717) is 25.7 Å². The summed E-state index contributed by atoms with van der Waals surface area (Å²) in [5, 5.41) is 19.1. The molecule has 6 heteroatoms. The van der Waals surface area contributed by atoms with Gasteiger partial charge in [0.2, 0.25) is 0 Å². The van der Waals surface area contributed by atoms with E-state index in [0.717, 1.165) is 0 Å². The number of phenolic OH excluding ortho intramolecular Hbond substituents is 1. The summed E-state index contributed by atoms with van der Waals surface area (Å²) in [6.07, 6.45) is 0. The van der Waals surface area contributed by atoms with Crippen LogP contribution in [0.2, 0.25) is 0 Å².